The van der Waals surface area contributed by atoms with E-state index in [0.29, 0.717) is 58.3 Å². The van der Waals surface area contributed by atoms with Crippen molar-refractivity contribution in [2.24, 2.45) is 0 Å². The lowest BCUT2D eigenvalue weighted by Crippen LogP contribution is -2.38. The van der Waals surface area contributed by atoms with Gasteiger partial charge in [-0.1, -0.05) is 22.9 Å². The number of carbonyl (C=O) groups excluding carboxylic acids is 1. The topological polar surface area (TPSA) is 108 Å². The van der Waals surface area contributed by atoms with Crippen LogP contribution in [0.3, 0.4) is 0 Å². The average Bonchev–Trinajstić information content (AvgIpc) is 3.56. The zero-order chi connectivity index (χ0) is 32.5. The number of urea groups is 1. The summed E-state index contributed by atoms with van der Waals surface area (Å²) in [6.45, 7) is 4.02. The summed E-state index contributed by atoms with van der Waals surface area (Å²) >= 11 is 5.11. The molecule has 1 heterocycles. The SMILES string of the molecule is CCC(C)N(O)C(=O)Nc1cc(C2CCC(c3cc(OC)c(OC)c(OC)c3)O2)cc(OC)c1OCCSc1ccc(Br)cc1. The summed E-state index contributed by atoms with van der Waals surface area (Å²) in [6.07, 6.45) is 1.54. The summed E-state index contributed by atoms with van der Waals surface area (Å²) in [7, 11) is 6.29. The summed E-state index contributed by atoms with van der Waals surface area (Å²) in [4.78, 5) is 14.2. The third-order valence-electron chi connectivity index (χ3n) is 7.62. The van der Waals surface area contributed by atoms with E-state index in [1.165, 1.54) is 0 Å². The Kier molecular flexibility index (Phi) is 12.5. The summed E-state index contributed by atoms with van der Waals surface area (Å²) in [5.74, 6) is 3.12. The van der Waals surface area contributed by atoms with Crippen LogP contribution in [0.4, 0.5) is 10.5 Å². The highest BCUT2D eigenvalue weighted by Gasteiger charge is 2.31. The van der Waals surface area contributed by atoms with Crippen LogP contribution in [-0.4, -0.2) is 63.1 Å². The fraction of sp³-hybridized carbons (Fsp3) is 0.424. The Morgan fingerprint density at radius 3 is 2.04 bits per heavy atom. The van der Waals surface area contributed by atoms with Crippen molar-refractivity contribution in [3.63, 3.8) is 0 Å². The Morgan fingerprint density at radius 2 is 1.51 bits per heavy atom. The van der Waals surface area contributed by atoms with Crippen molar-refractivity contribution < 1.29 is 38.4 Å². The number of hydrogen-bond acceptors (Lipinski definition) is 9. The Hall–Kier alpha value is -3.32. The van der Waals surface area contributed by atoms with Crippen LogP contribution in [-0.2, 0) is 4.74 Å². The number of thioether (sulfide) groups is 1. The molecule has 1 fully saturated rings. The molecule has 0 spiro atoms. The first kappa shape index (κ1) is 34.6. The largest absolute Gasteiger partial charge is 0.493 e. The monoisotopic (exact) mass is 704 g/mol. The molecule has 3 atom stereocenters. The van der Waals surface area contributed by atoms with E-state index in [1.807, 2.05) is 55.5 Å². The highest BCUT2D eigenvalue weighted by Crippen LogP contribution is 2.48. The quantitative estimate of drug-likeness (QED) is 0.0742. The minimum absolute atomic E-state index is 0.224. The van der Waals surface area contributed by atoms with Crippen LogP contribution in [0.25, 0.3) is 0 Å². The lowest BCUT2D eigenvalue weighted by Gasteiger charge is -2.24. The molecule has 45 heavy (non-hydrogen) atoms. The predicted molar refractivity (Wildman–Crippen MR) is 178 cm³/mol. The summed E-state index contributed by atoms with van der Waals surface area (Å²) in [5.41, 5.74) is 2.09. The molecule has 3 aromatic carbocycles. The van der Waals surface area contributed by atoms with Gasteiger partial charge in [0.25, 0.3) is 0 Å². The molecule has 1 aliphatic rings. The van der Waals surface area contributed by atoms with Crippen molar-refractivity contribution in [3.05, 3.63) is 64.1 Å². The maximum Gasteiger partial charge on any atom is 0.345 e. The first-order chi connectivity index (χ1) is 21.7. The summed E-state index contributed by atoms with van der Waals surface area (Å²) in [6, 6.07) is 14.5. The van der Waals surface area contributed by atoms with E-state index in [-0.39, 0.29) is 18.2 Å². The normalized spacial score (nSPS) is 16.5. The van der Waals surface area contributed by atoms with Crippen LogP contribution in [0.15, 0.2) is 57.9 Å². The van der Waals surface area contributed by atoms with Crippen LogP contribution >= 0.6 is 27.7 Å². The molecule has 1 saturated heterocycles. The number of nitrogens with zero attached hydrogens (tertiary/aromatic N) is 1. The number of amides is 2. The lowest BCUT2D eigenvalue weighted by atomic mass is 10.0. The third-order valence-corrected chi connectivity index (χ3v) is 9.12. The predicted octanol–water partition coefficient (Wildman–Crippen LogP) is 8.27. The van der Waals surface area contributed by atoms with Gasteiger partial charge in [0.05, 0.1) is 59.0 Å². The minimum Gasteiger partial charge on any atom is -0.493 e. The van der Waals surface area contributed by atoms with Crippen molar-refractivity contribution >= 4 is 39.4 Å². The van der Waals surface area contributed by atoms with E-state index in [9.17, 15) is 10.0 Å². The second-order valence-corrected chi connectivity index (χ2v) is 12.5. The van der Waals surface area contributed by atoms with E-state index in [1.54, 1.807) is 47.1 Å². The smallest absolute Gasteiger partial charge is 0.345 e. The lowest BCUT2D eigenvalue weighted by molar-refractivity contribution is -0.0683. The highest BCUT2D eigenvalue weighted by molar-refractivity contribution is 9.10. The van der Waals surface area contributed by atoms with E-state index < -0.39 is 6.03 Å². The Balaban J connectivity index is 1.58. The number of methoxy groups -OCH3 is 4. The second-order valence-electron chi connectivity index (χ2n) is 10.4. The molecule has 0 radical (unpaired) electrons. The fourth-order valence-electron chi connectivity index (χ4n) is 5.00. The number of hydrogen-bond donors (Lipinski definition) is 2. The van der Waals surface area contributed by atoms with E-state index in [0.717, 1.165) is 33.3 Å². The van der Waals surface area contributed by atoms with Gasteiger partial charge in [0, 0.05) is 15.1 Å². The van der Waals surface area contributed by atoms with Gasteiger partial charge in [-0.3, -0.25) is 5.21 Å². The first-order valence-electron chi connectivity index (χ1n) is 14.7. The van der Waals surface area contributed by atoms with Gasteiger partial charge in [0.2, 0.25) is 5.75 Å². The zero-order valence-electron chi connectivity index (χ0n) is 26.4. The molecule has 10 nitrogen and oxygen atoms in total. The fourth-order valence-corrected chi connectivity index (χ4v) is 5.99. The molecule has 3 unspecified atom stereocenters. The molecule has 3 aromatic rings. The molecule has 0 aromatic heterocycles. The van der Waals surface area contributed by atoms with Crippen LogP contribution in [0, 0.1) is 0 Å². The third kappa shape index (κ3) is 8.49. The van der Waals surface area contributed by atoms with Crippen molar-refractivity contribution in [1.29, 1.82) is 0 Å². The first-order valence-corrected chi connectivity index (χ1v) is 16.5. The highest BCUT2D eigenvalue weighted by atomic mass is 79.9. The van der Waals surface area contributed by atoms with Gasteiger partial charge in [-0.15, -0.1) is 11.8 Å². The Labute approximate surface area is 277 Å². The minimum atomic E-state index is -0.666. The van der Waals surface area contributed by atoms with Gasteiger partial charge in [-0.2, -0.15) is 0 Å². The van der Waals surface area contributed by atoms with E-state index in [4.69, 9.17) is 28.4 Å². The molecule has 0 aliphatic carbocycles. The molecule has 1 aliphatic heterocycles. The number of nitrogens with one attached hydrogen (secondary N) is 1. The number of rotatable bonds is 14. The maximum atomic E-state index is 13.0. The standard InChI is InChI=1S/C33H41BrN2O8S/c1-7-20(2)36(38)33(37)35-25-16-21(17-28(39-3)31(25)43-14-15-45-24-10-8-23(34)9-11-24)26-12-13-27(44-26)22-18-29(40-4)32(42-6)30(19-22)41-5/h8-11,16-20,26-27,38H,7,12-15H2,1-6H3,(H,35,37). The molecule has 0 bridgehead atoms. The van der Waals surface area contributed by atoms with Crippen LogP contribution < -0.4 is 29.0 Å². The van der Waals surface area contributed by atoms with Gasteiger partial charge >= 0.3 is 6.03 Å². The van der Waals surface area contributed by atoms with Gasteiger partial charge in [0.1, 0.15) is 0 Å². The van der Waals surface area contributed by atoms with Crippen LogP contribution in [0.5, 0.6) is 28.7 Å². The number of carbonyl (C=O) groups is 1. The van der Waals surface area contributed by atoms with E-state index in [2.05, 4.69) is 21.2 Å². The molecule has 0 saturated carbocycles. The molecule has 2 amide bonds. The van der Waals surface area contributed by atoms with Crippen molar-refractivity contribution in [1.82, 2.24) is 5.06 Å². The van der Waals surface area contributed by atoms with Gasteiger partial charge in [0.15, 0.2) is 23.0 Å². The second kappa shape index (κ2) is 16.3. The van der Waals surface area contributed by atoms with Crippen molar-refractivity contribution in [3.8, 4) is 28.7 Å². The number of ether oxygens (including phenoxy) is 6. The Morgan fingerprint density at radius 1 is 0.956 bits per heavy atom. The van der Waals surface area contributed by atoms with Crippen molar-refractivity contribution in [2.45, 2.75) is 56.3 Å². The molecule has 244 valence electrons. The molecular weight excluding hydrogens is 664 g/mol. The number of anilines is 1. The summed E-state index contributed by atoms with van der Waals surface area (Å²) in [5, 5.41) is 14.0. The van der Waals surface area contributed by atoms with Crippen LogP contribution in [0.2, 0.25) is 0 Å². The number of benzene rings is 3. The molecule has 2 N–H and O–H groups in total. The Bertz CT molecular complexity index is 1420. The number of halogens is 1. The van der Waals surface area contributed by atoms with Crippen molar-refractivity contribution in [2.75, 3.05) is 46.1 Å². The average molecular weight is 706 g/mol. The van der Waals surface area contributed by atoms with Gasteiger partial charge < -0.3 is 33.7 Å². The van der Waals surface area contributed by atoms with E-state index >= 15 is 0 Å². The molecular formula is C33H41BrN2O8S. The van der Waals surface area contributed by atoms with Crippen LogP contribution in [0.1, 0.15) is 56.4 Å². The number of hydroxylamine groups is 2. The van der Waals surface area contributed by atoms with Gasteiger partial charge in [-0.05, 0) is 85.8 Å². The van der Waals surface area contributed by atoms with Gasteiger partial charge in [-0.25, -0.2) is 9.86 Å². The molecule has 4 rings (SSSR count). The zero-order valence-corrected chi connectivity index (χ0v) is 28.8. The molecule has 12 heteroatoms. The maximum absolute atomic E-state index is 13.0. The summed E-state index contributed by atoms with van der Waals surface area (Å²) < 4.78 is 36.1.